The molecule has 0 fully saturated rings. The van der Waals surface area contributed by atoms with Crippen LogP contribution in [0.1, 0.15) is 22.9 Å². The van der Waals surface area contributed by atoms with Crippen LogP contribution in [0.15, 0.2) is 24.7 Å². The van der Waals surface area contributed by atoms with Gasteiger partial charge >= 0.3 is 0 Å². The molecule has 0 radical (unpaired) electrons. The first kappa shape index (κ1) is 10.6. The van der Waals surface area contributed by atoms with Gasteiger partial charge in [0.2, 0.25) is 0 Å². The average molecular weight is 218 g/mol. The Labute approximate surface area is 93.5 Å². The number of aliphatic hydroxyl groups excluding tert-OH is 1. The fourth-order valence-corrected chi connectivity index (χ4v) is 1.70. The molecule has 2 rings (SSSR count). The number of hydrogen-bond acceptors (Lipinski definition) is 4. The van der Waals surface area contributed by atoms with Crippen LogP contribution in [0.25, 0.3) is 0 Å². The molecule has 0 bridgehead atoms. The molecule has 1 unspecified atom stereocenters. The highest BCUT2D eigenvalue weighted by Crippen LogP contribution is 2.27. The summed E-state index contributed by atoms with van der Waals surface area (Å²) >= 11 is 0. The minimum Gasteiger partial charge on any atom is -0.398 e. The van der Waals surface area contributed by atoms with Crippen LogP contribution in [-0.2, 0) is 7.05 Å². The lowest BCUT2D eigenvalue weighted by atomic mass is 10.0. The number of hydrogen-bond donors (Lipinski definition) is 2. The first-order valence-corrected chi connectivity index (χ1v) is 4.97. The van der Waals surface area contributed by atoms with E-state index in [4.69, 9.17) is 5.73 Å². The molecule has 1 atom stereocenters. The van der Waals surface area contributed by atoms with Gasteiger partial charge in [0.25, 0.3) is 0 Å². The molecular formula is C11H14N4O. The predicted octanol–water partition coefficient (Wildman–Crippen LogP) is 0.787. The molecule has 2 aromatic heterocycles. The topological polar surface area (TPSA) is 77.0 Å². The molecule has 0 aliphatic heterocycles. The Kier molecular flexibility index (Phi) is 2.62. The molecule has 3 N–H and O–H groups in total. The number of nitrogens with zero attached hydrogens (tertiary/aromatic N) is 3. The van der Waals surface area contributed by atoms with E-state index in [0.717, 1.165) is 11.3 Å². The number of anilines is 1. The van der Waals surface area contributed by atoms with Gasteiger partial charge in [0, 0.05) is 42.5 Å². The van der Waals surface area contributed by atoms with Gasteiger partial charge in [-0.25, -0.2) is 0 Å². The maximum absolute atomic E-state index is 10.2. The number of aryl methyl sites for hydroxylation is 2. The van der Waals surface area contributed by atoms with Crippen LogP contribution in [0.5, 0.6) is 0 Å². The highest BCUT2D eigenvalue weighted by Gasteiger charge is 2.17. The summed E-state index contributed by atoms with van der Waals surface area (Å²) in [5.41, 5.74) is 8.47. The summed E-state index contributed by atoms with van der Waals surface area (Å²) in [6, 6.07) is 1.67. The summed E-state index contributed by atoms with van der Waals surface area (Å²) in [7, 11) is 1.82. The van der Waals surface area contributed by atoms with Crippen molar-refractivity contribution in [3.8, 4) is 0 Å². The van der Waals surface area contributed by atoms with Crippen molar-refractivity contribution in [3.05, 3.63) is 41.5 Å². The van der Waals surface area contributed by atoms with Crippen molar-refractivity contribution in [1.82, 2.24) is 14.8 Å². The molecule has 0 aliphatic carbocycles. The quantitative estimate of drug-likeness (QED) is 0.781. The molecule has 0 saturated carbocycles. The Morgan fingerprint density at radius 1 is 1.44 bits per heavy atom. The minimum atomic E-state index is -0.776. The van der Waals surface area contributed by atoms with Gasteiger partial charge in [-0.05, 0) is 13.0 Å². The van der Waals surface area contributed by atoms with Gasteiger partial charge in [-0.1, -0.05) is 0 Å². The summed E-state index contributed by atoms with van der Waals surface area (Å²) in [5, 5.41) is 14.4. The lowest BCUT2D eigenvalue weighted by Gasteiger charge is -2.11. The molecule has 2 aromatic rings. The zero-order chi connectivity index (χ0) is 11.7. The van der Waals surface area contributed by atoms with E-state index < -0.39 is 6.10 Å². The SMILES string of the molecule is Cc1nn(C)cc1C(O)c1cnccc1N. The van der Waals surface area contributed by atoms with Gasteiger partial charge in [0.05, 0.1) is 5.69 Å². The third kappa shape index (κ3) is 1.77. The molecule has 0 saturated heterocycles. The lowest BCUT2D eigenvalue weighted by molar-refractivity contribution is 0.220. The molecule has 5 nitrogen and oxygen atoms in total. The van der Waals surface area contributed by atoms with Crippen molar-refractivity contribution >= 4 is 5.69 Å². The first-order chi connectivity index (χ1) is 7.59. The second-order valence-electron chi connectivity index (χ2n) is 3.75. The van der Waals surface area contributed by atoms with Gasteiger partial charge in [0.1, 0.15) is 6.10 Å². The minimum absolute atomic E-state index is 0.533. The van der Waals surface area contributed by atoms with Crippen LogP contribution in [0.4, 0.5) is 5.69 Å². The molecule has 2 heterocycles. The molecule has 84 valence electrons. The summed E-state index contributed by atoms with van der Waals surface area (Å²) < 4.78 is 1.67. The Balaban J connectivity index is 2.43. The molecule has 5 heteroatoms. The fraction of sp³-hybridized carbons (Fsp3) is 0.273. The van der Waals surface area contributed by atoms with Crippen LogP contribution < -0.4 is 5.73 Å². The van der Waals surface area contributed by atoms with E-state index >= 15 is 0 Å². The third-order valence-electron chi connectivity index (χ3n) is 2.53. The number of rotatable bonds is 2. The molecule has 0 aromatic carbocycles. The lowest BCUT2D eigenvalue weighted by Crippen LogP contribution is -2.04. The van der Waals surface area contributed by atoms with Gasteiger partial charge < -0.3 is 10.8 Å². The van der Waals surface area contributed by atoms with Crippen molar-refractivity contribution in [2.45, 2.75) is 13.0 Å². The second-order valence-corrected chi connectivity index (χ2v) is 3.75. The van der Waals surface area contributed by atoms with Crippen molar-refractivity contribution < 1.29 is 5.11 Å². The van der Waals surface area contributed by atoms with Gasteiger partial charge in [0.15, 0.2) is 0 Å². The molecular weight excluding hydrogens is 204 g/mol. The van der Waals surface area contributed by atoms with Gasteiger partial charge in [-0.3, -0.25) is 9.67 Å². The summed E-state index contributed by atoms with van der Waals surface area (Å²) in [6.07, 6.45) is 4.18. The van der Waals surface area contributed by atoms with Crippen molar-refractivity contribution in [3.63, 3.8) is 0 Å². The van der Waals surface area contributed by atoms with Crippen LogP contribution in [0.3, 0.4) is 0 Å². The summed E-state index contributed by atoms with van der Waals surface area (Å²) in [6.45, 7) is 1.85. The van der Waals surface area contributed by atoms with E-state index in [9.17, 15) is 5.11 Å². The highest BCUT2D eigenvalue weighted by atomic mass is 16.3. The predicted molar refractivity (Wildman–Crippen MR) is 60.7 cm³/mol. The van der Waals surface area contributed by atoms with Crippen LogP contribution in [0.2, 0.25) is 0 Å². The number of nitrogen functional groups attached to an aromatic ring is 1. The van der Waals surface area contributed by atoms with Crippen molar-refractivity contribution in [2.24, 2.45) is 7.05 Å². The van der Waals surface area contributed by atoms with Crippen LogP contribution >= 0.6 is 0 Å². The molecule has 16 heavy (non-hydrogen) atoms. The Morgan fingerprint density at radius 2 is 2.19 bits per heavy atom. The van der Waals surface area contributed by atoms with E-state index in [1.165, 1.54) is 0 Å². The molecule has 0 spiro atoms. The molecule has 0 aliphatic rings. The third-order valence-corrected chi connectivity index (χ3v) is 2.53. The highest BCUT2D eigenvalue weighted by molar-refractivity contribution is 5.48. The van der Waals surface area contributed by atoms with E-state index in [0.29, 0.717) is 11.3 Å². The zero-order valence-electron chi connectivity index (χ0n) is 9.25. The van der Waals surface area contributed by atoms with E-state index in [1.807, 2.05) is 14.0 Å². The van der Waals surface area contributed by atoms with Crippen molar-refractivity contribution in [1.29, 1.82) is 0 Å². The average Bonchev–Trinajstić information content (AvgIpc) is 2.58. The van der Waals surface area contributed by atoms with Crippen molar-refractivity contribution in [2.75, 3.05) is 5.73 Å². The number of pyridine rings is 1. The standard InChI is InChI=1S/C11H14N4O/c1-7-9(6-15(2)14-7)11(16)8-5-13-4-3-10(8)12/h3-6,11,16H,1-2H3,(H2,12,13). The monoisotopic (exact) mass is 218 g/mol. The van der Waals surface area contributed by atoms with E-state index in [2.05, 4.69) is 10.1 Å². The fourth-order valence-electron chi connectivity index (χ4n) is 1.70. The summed E-state index contributed by atoms with van der Waals surface area (Å²) in [4.78, 5) is 3.96. The maximum Gasteiger partial charge on any atom is 0.111 e. The van der Waals surface area contributed by atoms with Crippen LogP contribution in [-0.4, -0.2) is 19.9 Å². The first-order valence-electron chi connectivity index (χ1n) is 4.97. The summed E-state index contributed by atoms with van der Waals surface area (Å²) in [5.74, 6) is 0. The smallest absolute Gasteiger partial charge is 0.111 e. The zero-order valence-corrected chi connectivity index (χ0v) is 9.25. The molecule has 0 amide bonds. The number of aliphatic hydroxyl groups is 1. The largest absolute Gasteiger partial charge is 0.398 e. The van der Waals surface area contributed by atoms with Gasteiger partial charge in [-0.2, -0.15) is 5.10 Å². The van der Waals surface area contributed by atoms with Gasteiger partial charge in [-0.15, -0.1) is 0 Å². The number of nitrogens with two attached hydrogens (primary N) is 1. The second kappa shape index (κ2) is 3.94. The Bertz CT molecular complexity index is 506. The normalized spacial score (nSPS) is 12.7. The van der Waals surface area contributed by atoms with E-state index in [1.54, 1.807) is 29.3 Å². The van der Waals surface area contributed by atoms with E-state index in [-0.39, 0.29) is 0 Å². The van der Waals surface area contributed by atoms with Crippen LogP contribution in [0, 0.1) is 6.92 Å². The maximum atomic E-state index is 10.2. The Morgan fingerprint density at radius 3 is 2.75 bits per heavy atom. The number of aromatic nitrogens is 3. The Hall–Kier alpha value is -1.88.